The average Bonchev–Trinajstić information content (AvgIpc) is 2.95. The van der Waals surface area contributed by atoms with E-state index in [9.17, 15) is 19.4 Å². The lowest BCUT2D eigenvalue weighted by atomic mass is 9.92. The second-order valence-corrected chi connectivity index (χ2v) is 10.3. The Bertz CT molecular complexity index is 797. The maximum absolute atomic E-state index is 12.6. The van der Waals surface area contributed by atoms with Crippen molar-refractivity contribution in [1.29, 1.82) is 0 Å². The molecular weight excluding hydrogens is 397 g/mol. The molecular formula is C20H34NO7P. The summed E-state index contributed by atoms with van der Waals surface area (Å²) in [6.07, 6.45) is -1.60. The highest BCUT2D eigenvalue weighted by atomic mass is 31.2. The second kappa shape index (κ2) is 9.41. The molecule has 1 aliphatic heterocycles. The molecule has 2 rings (SSSR count). The maximum Gasteiger partial charge on any atom is 0.331 e. The molecule has 7 unspecified atom stereocenters. The first-order valence-electron chi connectivity index (χ1n) is 10.1. The number of ether oxygens (including phenoxy) is 2. The number of pyridine rings is 1. The number of aryl methyl sites for hydroxylation is 1. The van der Waals surface area contributed by atoms with Gasteiger partial charge in [-0.15, -0.1) is 0 Å². The molecule has 166 valence electrons. The van der Waals surface area contributed by atoms with Gasteiger partial charge in [0, 0.05) is 30.9 Å². The SMILES string of the molecule is CCC(C)P(=O)(O)OC(C)(CC)CC1OC(c2ccc(=O)[nH]c2C)C(OC)C1O. The molecule has 3 N–H and O–H groups in total. The molecule has 0 aliphatic carbocycles. The van der Waals surface area contributed by atoms with Crippen LogP contribution in [0.15, 0.2) is 16.9 Å². The van der Waals surface area contributed by atoms with Crippen LogP contribution in [-0.4, -0.2) is 51.7 Å². The number of hydrogen-bond acceptors (Lipinski definition) is 6. The normalized spacial score (nSPS) is 29.9. The lowest BCUT2D eigenvalue weighted by Crippen LogP contribution is -2.39. The van der Waals surface area contributed by atoms with Gasteiger partial charge in [-0.2, -0.15) is 0 Å². The van der Waals surface area contributed by atoms with Crippen molar-refractivity contribution in [1.82, 2.24) is 4.98 Å². The van der Waals surface area contributed by atoms with Gasteiger partial charge >= 0.3 is 7.60 Å². The summed E-state index contributed by atoms with van der Waals surface area (Å²) in [4.78, 5) is 24.6. The fraction of sp³-hybridized carbons (Fsp3) is 0.750. The number of methoxy groups -OCH3 is 1. The van der Waals surface area contributed by atoms with Crippen molar-refractivity contribution in [3.8, 4) is 0 Å². The summed E-state index contributed by atoms with van der Waals surface area (Å²) < 4.78 is 30.0. The van der Waals surface area contributed by atoms with Crippen molar-refractivity contribution in [3.63, 3.8) is 0 Å². The van der Waals surface area contributed by atoms with Gasteiger partial charge in [0.2, 0.25) is 5.56 Å². The Labute approximate surface area is 172 Å². The number of H-pyrrole nitrogens is 1. The number of nitrogens with one attached hydrogen (secondary N) is 1. The predicted molar refractivity (Wildman–Crippen MR) is 110 cm³/mol. The first-order valence-corrected chi connectivity index (χ1v) is 11.7. The number of hydrogen-bond donors (Lipinski definition) is 3. The van der Waals surface area contributed by atoms with E-state index in [1.807, 2.05) is 13.8 Å². The van der Waals surface area contributed by atoms with Gasteiger partial charge in [0.15, 0.2) is 0 Å². The van der Waals surface area contributed by atoms with Crippen molar-refractivity contribution in [3.05, 3.63) is 33.7 Å². The van der Waals surface area contributed by atoms with Gasteiger partial charge < -0.3 is 29.0 Å². The number of aromatic nitrogens is 1. The molecule has 0 amide bonds. The van der Waals surface area contributed by atoms with Crippen LogP contribution >= 0.6 is 7.60 Å². The van der Waals surface area contributed by atoms with Crippen LogP contribution < -0.4 is 5.56 Å². The van der Waals surface area contributed by atoms with Crippen LogP contribution in [0.2, 0.25) is 0 Å². The van der Waals surface area contributed by atoms with E-state index in [4.69, 9.17) is 14.0 Å². The van der Waals surface area contributed by atoms with Gasteiger partial charge in [0.05, 0.1) is 17.4 Å². The molecule has 0 saturated carbocycles. The van der Waals surface area contributed by atoms with E-state index in [1.54, 1.807) is 26.8 Å². The highest BCUT2D eigenvalue weighted by Gasteiger charge is 2.49. The van der Waals surface area contributed by atoms with E-state index >= 15 is 0 Å². The van der Waals surface area contributed by atoms with E-state index in [1.165, 1.54) is 13.2 Å². The smallest absolute Gasteiger partial charge is 0.331 e. The molecule has 1 fully saturated rings. The van der Waals surface area contributed by atoms with Gasteiger partial charge in [-0.25, -0.2) is 0 Å². The Balaban J connectivity index is 2.25. The molecule has 8 nitrogen and oxygen atoms in total. The minimum absolute atomic E-state index is 0.217. The number of aliphatic hydroxyl groups is 1. The van der Waals surface area contributed by atoms with E-state index < -0.39 is 43.3 Å². The first-order chi connectivity index (χ1) is 13.5. The number of rotatable bonds is 9. The summed E-state index contributed by atoms with van der Waals surface area (Å²) in [5.74, 6) is 0. The predicted octanol–water partition coefficient (Wildman–Crippen LogP) is 3.06. The van der Waals surface area contributed by atoms with E-state index in [2.05, 4.69) is 4.98 Å². The Morgan fingerprint density at radius 2 is 2.03 bits per heavy atom. The molecule has 1 saturated heterocycles. The minimum atomic E-state index is -3.82. The fourth-order valence-electron chi connectivity index (χ4n) is 3.62. The van der Waals surface area contributed by atoms with E-state index in [0.717, 1.165) is 5.56 Å². The van der Waals surface area contributed by atoms with Crippen molar-refractivity contribution in [2.75, 3.05) is 7.11 Å². The molecule has 29 heavy (non-hydrogen) atoms. The van der Waals surface area contributed by atoms with Crippen LogP contribution in [0.4, 0.5) is 0 Å². The summed E-state index contributed by atoms with van der Waals surface area (Å²) in [6.45, 7) is 8.92. The van der Waals surface area contributed by atoms with E-state index in [-0.39, 0.29) is 12.0 Å². The van der Waals surface area contributed by atoms with Gasteiger partial charge in [0.25, 0.3) is 0 Å². The lowest BCUT2D eigenvalue weighted by Gasteiger charge is -2.35. The largest absolute Gasteiger partial charge is 0.388 e. The Hall–Kier alpha value is -1.02. The van der Waals surface area contributed by atoms with E-state index in [0.29, 0.717) is 18.5 Å². The highest BCUT2D eigenvalue weighted by molar-refractivity contribution is 7.53. The molecule has 1 aliphatic rings. The number of aliphatic hydroxyl groups excluding tert-OH is 1. The van der Waals surface area contributed by atoms with Crippen LogP contribution in [0, 0.1) is 6.92 Å². The maximum atomic E-state index is 12.6. The average molecular weight is 431 g/mol. The van der Waals surface area contributed by atoms with Gasteiger partial charge in [-0.1, -0.05) is 20.8 Å². The molecule has 9 heteroatoms. The monoisotopic (exact) mass is 431 g/mol. The third-order valence-corrected chi connectivity index (χ3v) is 8.14. The zero-order valence-electron chi connectivity index (χ0n) is 18.0. The minimum Gasteiger partial charge on any atom is -0.388 e. The highest BCUT2D eigenvalue weighted by Crippen LogP contribution is 2.54. The van der Waals surface area contributed by atoms with Crippen molar-refractivity contribution < 1.29 is 28.6 Å². The summed E-state index contributed by atoms with van der Waals surface area (Å²) in [5, 5.41) is 10.8. The molecule has 1 aromatic rings. The zero-order chi connectivity index (χ0) is 22.0. The standard InChI is InChI=1S/C20H34NO7P/c1-7-12(3)29(24,25)28-20(5,8-2)11-15-17(23)19(26-6)18(27-15)14-9-10-16(22)21-13(14)4/h9-10,12,15,17-19,23H,7-8,11H2,1-6H3,(H,21,22)(H,24,25). The Morgan fingerprint density at radius 1 is 1.38 bits per heavy atom. The Morgan fingerprint density at radius 3 is 2.55 bits per heavy atom. The fourth-order valence-corrected chi connectivity index (χ4v) is 5.10. The van der Waals surface area contributed by atoms with Crippen molar-refractivity contribution in [2.45, 2.75) is 89.6 Å². The molecule has 0 spiro atoms. The summed E-state index contributed by atoms with van der Waals surface area (Å²) in [7, 11) is -2.32. The lowest BCUT2D eigenvalue weighted by molar-refractivity contribution is -0.0472. The van der Waals surface area contributed by atoms with Crippen LogP contribution in [0.3, 0.4) is 0 Å². The third kappa shape index (κ3) is 5.37. The summed E-state index contributed by atoms with van der Waals surface area (Å²) >= 11 is 0. The van der Waals surface area contributed by atoms with Gasteiger partial charge in [-0.3, -0.25) is 9.36 Å². The Kier molecular flexibility index (Phi) is 7.87. The molecule has 1 aromatic heterocycles. The second-order valence-electron chi connectivity index (χ2n) is 8.11. The number of aromatic amines is 1. The van der Waals surface area contributed by atoms with Crippen LogP contribution in [0.5, 0.6) is 0 Å². The first kappa shape index (κ1) is 24.3. The zero-order valence-corrected chi connectivity index (χ0v) is 18.9. The quantitative estimate of drug-likeness (QED) is 0.514. The molecule has 0 radical (unpaired) electrons. The third-order valence-electron chi connectivity index (χ3n) is 5.95. The van der Waals surface area contributed by atoms with Gasteiger partial charge in [-0.05, 0) is 32.8 Å². The van der Waals surface area contributed by atoms with Crippen molar-refractivity contribution >= 4 is 7.60 Å². The molecule has 7 atom stereocenters. The summed E-state index contributed by atoms with van der Waals surface area (Å²) in [5.41, 5.74) is -0.280. The topological polar surface area (TPSA) is 118 Å². The summed E-state index contributed by atoms with van der Waals surface area (Å²) in [6, 6.07) is 3.08. The molecule has 2 heterocycles. The molecule has 0 bridgehead atoms. The molecule has 0 aromatic carbocycles. The van der Waals surface area contributed by atoms with Crippen molar-refractivity contribution in [2.24, 2.45) is 0 Å². The van der Waals surface area contributed by atoms with Crippen LogP contribution in [0.1, 0.15) is 64.3 Å². The van der Waals surface area contributed by atoms with Crippen LogP contribution in [0.25, 0.3) is 0 Å². The van der Waals surface area contributed by atoms with Crippen LogP contribution in [-0.2, 0) is 18.6 Å². The van der Waals surface area contributed by atoms with Gasteiger partial charge in [0.1, 0.15) is 18.3 Å².